The summed E-state index contributed by atoms with van der Waals surface area (Å²) < 4.78 is 15.4. The molecule has 0 heterocycles. The van der Waals surface area contributed by atoms with Crippen molar-refractivity contribution >= 4 is 17.0 Å². The fourth-order valence-corrected chi connectivity index (χ4v) is 2.45. The van der Waals surface area contributed by atoms with Crippen LogP contribution in [-0.4, -0.2) is 23.0 Å². The third-order valence-electron chi connectivity index (χ3n) is 2.35. The second-order valence-corrected chi connectivity index (χ2v) is 4.20. The summed E-state index contributed by atoms with van der Waals surface area (Å²) >= 11 is 0. The van der Waals surface area contributed by atoms with Gasteiger partial charge in [0.25, 0.3) is 0 Å². The van der Waals surface area contributed by atoms with E-state index in [0.29, 0.717) is 0 Å². The molecule has 5 heteroatoms. The summed E-state index contributed by atoms with van der Waals surface area (Å²) in [6.45, 7) is 0. The highest BCUT2D eigenvalue weighted by atomic mass is 32.2. The van der Waals surface area contributed by atoms with Crippen molar-refractivity contribution in [2.45, 2.75) is 19.3 Å². The van der Waals surface area contributed by atoms with Crippen molar-refractivity contribution in [1.82, 2.24) is 0 Å². The molecular weight excluding hydrogens is 178 g/mol. The van der Waals surface area contributed by atoms with Gasteiger partial charge in [0, 0.05) is 0 Å². The zero-order valence-electron chi connectivity index (χ0n) is 7.04. The van der Waals surface area contributed by atoms with E-state index in [4.69, 9.17) is 5.14 Å². The summed E-state index contributed by atoms with van der Waals surface area (Å²) in [5.74, 6) is -0.0350. The van der Waals surface area contributed by atoms with Crippen LogP contribution in [0.2, 0.25) is 0 Å². The fraction of sp³-hybridized carbons (Fsp3) is 0.857. The summed E-state index contributed by atoms with van der Waals surface area (Å²) in [6.07, 6.45) is 2.50. The molecule has 0 aromatic carbocycles. The Morgan fingerprint density at radius 1 is 1.67 bits per heavy atom. The summed E-state index contributed by atoms with van der Waals surface area (Å²) in [5, 5.41) is 5.14. The van der Waals surface area contributed by atoms with Gasteiger partial charge in [0.1, 0.15) is 0 Å². The van der Waals surface area contributed by atoms with Crippen LogP contribution in [-0.2, 0) is 20.5 Å². The molecule has 1 rings (SSSR count). The molecule has 12 heavy (non-hydrogen) atoms. The van der Waals surface area contributed by atoms with Gasteiger partial charge in [-0.05, 0) is 12.8 Å². The third kappa shape index (κ3) is 1.67. The molecule has 0 aromatic rings. The molecule has 0 saturated heterocycles. The van der Waals surface area contributed by atoms with Crippen molar-refractivity contribution in [2.24, 2.45) is 10.6 Å². The molecule has 1 atom stereocenters. The van der Waals surface area contributed by atoms with E-state index in [-0.39, 0.29) is 11.7 Å². The Hall–Kier alpha value is -0.420. The Bertz CT molecular complexity index is 213. The average Bonchev–Trinajstić information content (AvgIpc) is 1.95. The van der Waals surface area contributed by atoms with Crippen LogP contribution >= 0.6 is 0 Å². The van der Waals surface area contributed by atoms with Gasteiger partial charge in [-0.3, -0.25) is 9.93 Å². The van der Waals surface area contributed by atoms with Crippen LogP contribution in [0.4, 0.5) is 0 Å². The van der Waals surface area contributed by atoms with Crippen LogP contribution in [0.3, 0.4) is 0 Å². The highest BCUT2D eigenvalue weighted by Gasteiger charge is 2.46. The van der Waals surface area contributed by atoms with Crippen molar-refractivity contribution in [2.75, 3.05) is 12.9 Å². The number of esters is 1. The maximum Gasteiger partial charge on any atom is 0.312 e. The van der Waals surface area contributed by atoms with Gasteiger partial charge in [0.05, 0.1) is 29.3 Å². The van der Waals surface area contributed by atoms with E-state index in [1.165, 1.54) is 7.11 Å². The predicted molar refractivity (Wildman–Crippen MR) is 45.5 cm³/mol. The fourth-order valence-electron chi connectivity index (χ4n) is 1.50. The molecule has 1 aliphatic rings. The third-order valence-corrected chi connectivity index (χ3v) is 3.18. The largest absolute Gasteiger partial charge is 0.469 e. The van der Waals surface area contributed by atoms with E-state index in [1.54, 1.807) is 0 Å². The van der Waals surface area contributed by atoms with Crippen molar-refractivity contribution in [3.05, 3.63) is 0 Å². The highest BCUT2D eigenvalue weighted by molar-refractivity contribution is 7.82. The zero-order chi connectivity index (χ0) is 9.19. The smallest absolute Gasteiger partial charge is 0.312 e. The summed E-state index contributed by atoms with van der Waals surface area (Å²) in [6, 6.07) is 0. The van der Waals surface area contributed by atoms with Gasteiger partial charge < -0.3 is 4.74 Å². The molecule has 0 bridgehead atoms. The lowest BCUT2D eigenvalue weighted by atomic mass is 9.70. The summed E-state index contributed by atoms with van der Waals surface area (Å²) in [5.41, 5.74) is -0.533. The van der Waals surface area contributed by atoms with E-state index in [0.717, 1.165) is 19.3 Å². The molecule has 1 saturated carbocycles. The highest BCUT2D eigenvalue weighted by Crippen LogP contribution is 2.42. The second kappa shape index (κ2) is 3.53. The molecule has 0 aromatic heterocycles. The Kier molecular flexibility index (Phi) is 2.85. The van der Waals surface area contributed by atoms with E-state index < -0.39 is 16.4 Å². The molecule has 0 amide bonds. The van der Waals surface area contributed by atoms with Crippen molar-refractivity contribution in [1.29, 1.82) is 0 Å². The molecule has 0 radical (unpaired) electrons. The first-order valence-corrected chi connectivity index (χ1v) is 5.20. The standard InChI is InChI=1S/C7H13NO3S/c1-11-6(9)7(3-2-4-7)5-12(8)10/h2-5,8H2,1H3. The maximum atomic E-state index is 11.2. The number of methoxy groups -OCH3 is 1. The average molecular weight is 191 g/mol. The maximum absolute atomic E-state index is 11.2. The van der Waals surface area contributed by atoms with Crippen molar-refractivity contribution in [3.63, 3.8) is 0 Å². The van der Waals surface area contributed by atoms with Gasteiger partial charge in [-0.25, -0.2) is 4.21 Å². The molecular formula is C7H13NO3S. The Balaban J connectivity index is 2.62. The number of ether oxygens (including phenoxy) is 1. The van der Waals surface area contributed by atoms with Crippen molar-refractivity contribution < 1.29 is 13.7 Å². The number of carbonyl (C=O) groups excluding carboxylic acids is 1. The molecule has 1 fully saturated rings. The minimum Gasteiger partial charge on any atom is -0.469 e. The molecule has 2 N–H and O–H groups in total. The van der Waals surface area contributed by atoms with Crippen LogP contribution in [0, 0.1) is 5.41 Å². The minimum atomic E-state index is -1.41. The predicted octanol–water partition coefficient (Wildman–Crippen LogP) is -0.0479. The SMILES string of the molecule is COC(=O)C1(CS(N)=O)CCC1. The number of hydrogen-bond donors (Lipinski definition) is 1. The van der Waals surface area contributed by atoms with Gasteiger partial charge in [-0.15, -0.1) is 0 Å². The number of rotatable bonds is 3. The monoisotopic (exact) mass is 191 g/mol. The Labute approximate surface area is 74.0 Å². The van der Waals surface area contributed by atoms with Crippen LogP contribution in [0.5, 0.6) is 0 Å². The topological polar surface area (TPSA) is 69.4 Å². The van der Waals surface area contributed by atoms with Gasteiger partial charge in [-0.2, -0.15) is 0 Å². The normalized spacial score (nSPS) is 22.5. The Morgan fingerprint density at radius 2 is 2.25 bits per heavy atom. The second-order valence-electron chi connectivity index (χ2n) is 3.15. The zero-order valence-corrected chi connectivity index (χ0v) is 7.86. The lowest BCUT2D eigenvalue weighted by Crippen LogP contribution is -2.44. The van der Waals surface area contributed by atoms with E-state index in [2.05, 4.69) is 4.74 Å². The molecule has 1 aliphatic carbocycles. The van der Waals surface area contributed by atoms with Crippen LogP contribution in [0.15, 0.2) is 0 Å². The van der Waals surface area contributed by atoms with Crippen LogP contribution in [0.1, 0.15) is 19.3 Å². The summed E-state index contributed by atoms with van der Waals surface area (Å²) in [7, 11) is -0.0576. The van der Waals surface area contributed by atoms with Gasteiger partial charge in [0.15, 0.2) is 0 Å². The van der Waals surface area contributed by atoms with Gasteiger partial charge in [0.2, 0.25) is 0 Å². The quantitative estimate of drug-likeness (QED) is 0.636. The van der Waals surface area contributed by atoms with Crippen LogP contribution in [0.25, 0.3) is 0 Å². The molecule has 0 aliphatic heterocycles. The van der Waals surface area contributed by atoms with Gasteiger partial charge in [-0.1, -0.05) is 6.42 Å². The van der Waals surface area contributed by atoms with Gasteiger partial charge >= 0.3 is 5.97 Å². The lowest BCUT2D eigenvalue weighted by Gasteiger charge is -2.37. The molecule has 4 nitrogen and oxygen atoms in total. The number of nitrogens with two attached hydrogens (primary N) is 1. The minimum absolute atomic E-state index is 0.236. The molecule has 70 valence electrons. The van der Waals surface area contributed by atoms with Crippen molar-refractivity contribution in [3.8, 4) is 0 Å². The summed E-state index contributed by atoms with van der Waals surface area (Å²) in [4.78, 5) is 11.2. The number of carbonyl (C=O) groups is 1. The molecule has 0 spiro atoms. The van der Waals surface area contributed by atoms with E-state index in [1.807, 2.05) is 0 Å². The molecule has 1 unspecified atom stereocenters. The first-order chi connectivity index (χ1) is 5.60. The first kappa shape index (κ1) is 9.67. The lowest BCUT2D eigenvalue weighted by molar-refractivity contribution is -0.156. The Morgan fingerprint density at radius 3 is 2.50 bits per heavy atom. The van der Waals surface area contributed by atoms with E-state index in [9.17, 15) is 9.00 Å². The van der Waals surface area contributed by atoms with E-state index >= 15 is 0 Å². The van der Waals surface area contributed by atoms with Crippen LogP contribution < -0.4 is 5.14 Å². The first-order valence-electron chi connectivity index (χ1n) is 3.82. The number of hydrogen-bond acceptors (Lipinski definition) is 3.